The molecule has 6 heteroatoms. The van der Waals surface area contributed by atoms with E-state index in [2.05, 4.69) is 40.5 Å². The van der Waals surface area contributed by atoms with Gasteiger partial charge in [0.15, 0.2) is 0 Å². The van der Waals surface area contributed by atoms with Gasteiger partial charge in [0.05, 0.1) is 18.0 Å². The summed E-state index contributed by atoms with van der Waals surface area (Å²) in [5, 5.41) is 7.84. The number of anilines is 2. The third kappa shape index (κ3) is 2.86. The molecule has 0 bridgehead atoms. The van der Waals surface area contributed by atoms with Crippen molar-refractivity contribution in [3.05, 3.63) is 10.9 Å². The molecule has 0 aliphatic carbocycles. The van der Waals surface area contributed by atoms with Crippen LogP contribution in [0.2, 0.25) is 0 Å². The fraction of sp³-hybridized carbons (Fsp3) is 0.571. The monoisotopic (exact) mass is 292 g/mol. The lowest BCUT2D eigenvalue weighted by molar-refractivity contribution is 0.0875. The number of aromatic nitrogens is 2. The molecule has 20 heavy (non-hydrogen) atoms. The van der Waals surface area contributed by atoms with Crippen LogP contribution in [0, 0.1) is 6.92 Å². The van der Waals surface area contributed by atoms with Gasteiger partial charge in [-0.2, -0.15) is 4.98 Å². The fourth-order valence-corrected chi connectivity index (χ4v) is 3.32. The van der Waals surface area contributed by atoms with Crippen molar-refractivity contribution in [3.63, 3.8) is 0 Å². The van der Waals surface area contributed by atoms with Crippen molar-refractivity contribution in [2.45, 2.75) is 32.7 Å². The van der Waals surface area contributed by atoms with Gasteiger partial charge in [-0.15, -0.1) is 11.3 Å². The molecule has 3 rings (SSSR count). The summed E-state index contributed by atoms with van der Waals surface area (Å²) in [6.45, 7) is 6.60. The molecule has 1 aliphatic heterocycles. The molecule has 5 nitrogen and oxygen atoms in total. The Morgan fingerprint density at radius 1 is 1.45 bits per heavy atom. The largest absolute Gasteiger partial charge is 0.379 e. The average molecular weight is 292 g/mol. The summed E-state index contributed by atoms with van der Waals surface area (Å²) in [5.41, 5.74) is 0. The number of hydrogen-bond acceptors (Lipinski definition) is 6. The Labute approximate surface area is 122 Å². The molecule has 3 heterocycles. The quantitative estimate of drug-likeness (QED) is 0.907. The molecule has 1 fully saturated rings. The standard InChI is InChI=1S/C14H20N4OS/c1-3-15-14-17-12(16-10-5-4-6-19-8-10)11-7-9(2)20-13(11)18-14/h7,10H,3-6,8H2,1-2H3,(H2,15,16,17,18). The van der Waals surface area contributed by atoms with Gasteiger partial charge in [-0.05, 0) is 32.8 Å². The predicted octanol–water partition coefficient (Wildman–Crippen LogP) is 3.02. The molecular weight excluding hydrogens is 272 g/mol. The second-order valence-electron chi connectivity index (χ2n) is 5.06. The van der Waals surface area contributed by atoms with E-state index >= 15 is 0 Å². The molecule has 0 aromatic carbocycles. The summed E-state index contributed by atoms with van der Waals surface area (Å²) in [7, 11) is 0. The second kappa shape index (κ2) is 5.93. The summed E-state index contributed by atoms with van der Waals surface area (Å²) < 4.78 is 5.53. The van der Waals surface area contributed by atoms with Gasteiger partial charge in [0, 0.05) is 18.0 Å². The van der Waals surface area contributed by atoms with E-state index < -0.39 is 0 Å². The van der Waals surface area contributed by atoms with Crippen molar-refractivity contribution in [3.8, 4) is 0 Å². The van der Waals surface area contributed by atoms with E-state index in [9.17, 15) is 0 Å². The zero-order valence-corrected chi connectivity index (χ0v) is 12.7. The SMILES string of the molecule is CCNc1nc(NC2CCCOC2)c2cc(C)sc2n1. The lowest BCUT2D eigenvalue weighted by Gasteiger charge is -2.24. The van der Waals surface area contributed by atoms with Crippen molar-refractivity contribution in [2.24, 2.45) is 0 Å². The van der Waals surface area contributed by atoms with Crippen LogP contribution < -0.4 is 10.6 Å². The minimum absolute atomic E-state index is 0.344. The highest BCUT2D eigenvalue weighted by Crippen LogP contribution is 2.30. The lowest BCUT2D eigenvalue weighted by Crippen LogP contribution is -2.30. The van der Waals surface area contributed by atoms with E-state index in [1.807, 2.05) is 0 Å². The molecule has 0 radical (unpaired) electrons. The molecule has 0 spiro atoms. The molecule has 108 valence electrons. The number of rotatable bonds is 4. The second-order valence-corrected chi connectivity index (χ2v) is 6.30. The Hall–Kier alpha value is -1.40. The summed E-state index contributed by atoms with van der Waals surface area (Å²) in [4.78, 5) is 11.5. The van der Waals surface area contributed by atoms with Gasteiger partial charge in [-0.25, -0.2) is 4.98 Å². The van der Waals surface area contributed by atoms with Gasteiger partial charge in [-0.1, -0.05) is 0 Å². The van der Waals surface area contributed by atoms with E-state index in [-0.39, 0.29) is 0 Å². The maximum atomic E-state index is 5.53. The summed E-state index contributed by atoms with van der Waals surface area (Å²) in [6, 6.07) is 2.50. The molecule has 1 saturated heterocycles. The minimum Gasteiger partial charge on any atom is -0.379 e. The maximum Gasteiger partial charge on any atom is 0.226 e. The van der Waals surface area contributed by atoms with Crippen molar-refractivity contribution in [1.29, 1.82) is 0 Å². The number of nitrogens with one attached hydrogen (secondary N) is 2. The van der Waals surface area contributed by atoms with Crippen molar-refractivity contribution < 1.29 is 4.74 Å². The minimum atomic E-state index is 0.344. The number of thiophene rings is 1. The first-order chi connectivity index (χ1) is 9.76. The van der Waals surface area contributed by atoms with Crippen LogP contribution in [0.4, 0.5) is 11.8 Å². The first-order valence-corrected chi connectivity index (χ1v) is 7.94. The number of ether oxygens (including phenoxy) is 1. The van der Waals surface area contributed by atoms with Gasteiger partial charge >= 0.3 is 0 Å². The van der Waals surface area contributed by atoms with Crippen LogP contribution >= 0.6 is 11.3 Å². The van der Waals surface area contributed by atoms with Crippen molar-refractivity contribution >= 4 is 33.3 Å². The molecule has 2 N–H and O–H groups in total. The highest BCUT2D eigenvalue weighted by molar-refractivity contribution is 7.18. The summed E-state index contributed by atoms with van der Waals surface area (Å²) in [5.74, 6) is 1.62. The van der Waals surface area contributed by atoms with Crippen LogP contribution in [0.5, 0.6) is 0 Å². The normalized spacial score (nSPS) is 19.2. The Balaban J connectivity index is 1.93. The molecule has 2 aromatic heterocycles. The highest BCUT2D eigenvalue weighted by Gasteiger charge is 2.17. The van der Waals surface area contributed by atoms with Crippen LogP contribution in [0.3, 0.4) is 0 Å². The first kappa shape index (κ1) is 13.6. The van der Waals surface area contributed by atoms with Crippen LogP contribution in [0.25, 0.3) is 10.2 Å². The van der Waals surface area contributed by atoms with Crippen LogP contribution in [-0.2, 0) is 4.74 Å². The summed E-state index contributed by atoms with van der Waals surface area (Å²) in [6.07, 6.45) is 2.24. The van der Waals surface area contributed by atoms with Crippen LogP contribution in [0.15, 0.2) is 6.07 Å². The van der Waals surface area contributed by atoms with Gasteiger partial charge in [0.2, 0.25) is 5.95 Å². The molecule has 1 unspecified atom stereocenters. The Morgan fingerprint density at radius 2 is 2.35 bits per heavy atom. The fourth-order valence-electron chi connectivity index (χ4n) is 2.44. The Bertz CT molecular complexity index is 592. The van der Waals surface area contributed by atoms with Crippen molar-refractivity contribution in [2.75, 3.05) is 30.4 Å². The first-order valence-electron chi connectivity index (χ1n) is 7.12. The number of hydrogen-bond donors (Lipinski definition) is 2. The third-order valence-electron chi connectivity index (χ3n) is 3.35. The summed E-state index contributed by atoms with van der Waals surface area (Å²) >= 11 is 1.71. The Kier molecular flexibility index (Phi) is 4.03. The van der Waals surface area contributed by atoms with E-state index in [0.717, 1.165) is 48.6 Å². The van der Waals surface area contributed by atoms with Crippen LogP contribution in [-0.4, -0.2) is 35.8 Å². The van der Waals surface area contributed by atoms with Gasteiger partial charge in [0.25, 0.3) is 0 Å². The number of aryl methyl sites for hydroxylation is 1. The van der Waals surface area contributed by atoms with E-state index in [1.165, 1.54) is 4.88 Å². The van der Waals surface area contributed by atoms with Crippen molar-refractivity contribution in [1.82, 2.24) is 9.97 Å². The van der Waals surface area contributed by atoms with Gasteiger partial charge < -0.3 is 15.4 Å². The predicted molar refractivity (Wildman–Crippen MR) is 83.8 cm³/mol. The molecule has 0 amide bonds. The van der Waals surface area contributed by atoms with Crippen LogP contribution in [0.1, 0.15) is 24.6 Å². The maximum absolute atomic E-state index is 5.53. The van der Waals surface area contributed by atoms with Gasteiger partial charge in [0.1, 0.15) is 10.6 Å². The van der Waals surface area contributed by atoms with E-state index in [0.29, 0.717) is 12.0 Å². The average Bonchev–Trinajstić information content (AvgIpc) is 2.81. The zero-order chi connectivity index (χ0) is 13.9. The number of nitrogens with zero attached hydrogens (tertiary/aromatic N) is 2. The highest BCUT2D eigenvalue weighted by atomic mass is 32.1. The molecule has 1 aliphatic rings. The number of fused-ring (bicyclic) bond motifs is 1. The lowest BCUT2D eigenvalue weighted by atomic mass is 10.1. The molecular formula is C14H20N4OS. The zero-order valence-electron chi connectivity index (χ0n) is 11.9. The topological polar surface area (TPSA) is 59.1 Å². The van der Waals surface area contributed by atoms with Gasteiger partial charge in [-0.3, -0.25) is 0 Å². The van der Waals surface area contributed by atoms with E-state index in [1.54, 1.807) is 11.3 Å². The molecule has 1 atom stereocenters. The molecule has 2 aromatic rings. The third-order valence-corrected chi connectivity index (χ3v) is 4.30. The molecule has 0 saturated carbocycles. The smallest absolute Gasteiger partial charge is 0.226 e. The Morgan fingerprint density at radius 3 is 3.10 bits per heavy atom. The van der Waals surface area contributed by atoms with E-state index in [4.69, 9.17) is 4.74 Å².